The van der Waals surface area contributed by atoms with Gasteiger partial charge < -0.3 is 20.6 Å². The second-order valence-electron chi connectivity index (χ2n) is 8.86. The number of piperazine rings is 1. The fourth-order valence-electron chi connectivity index (χ4n) is 3.86. The molecule has 0 saturated carbocycles. The van der Waals surface area contributed by atoms with Crippen LogP contribution in [0.3, 0.4) is 0 Å². The molecule has 3 saturated heterocycles. The van der Waals surface area contributed by atoms with Gasteiger partial charge in [0, 0.05) is 32.3 Å². The minimum atomic E-state index is -1.00. The molecule has 2 atom stereocenters. The number of nitrogens with zero attached hydrogens (tertiary/aromatic N) is 3. The van der Waals surface area contributed by atoms with Crippen LogP contribution in [0.25, 0.3) is 5.52 Å². The van der Waals surface area contributed by atoms with Gasteiger partial charge in [0.25, 0.3) is 5.91 Å². The first-order valence-corrected chi connectivity index (χ1v) is 13.5. The lowest BCUT2D eigenvalue weighted by Gasteiger charge is -2.46. The van der Waals surface area contributed by atoms with E-state index in [1.807, 2.05) is 43.5 Å². The standard InChI is InChI=1S/C18H18BrN5OS.C4H9F.C2H6.CH4O/c19-17-14(7-8-26-17)21-18(25)15-5-3-12-4-6-16(22-24(12)15)23-10-11-1-2-13(23)9-20-11;1-4(2,3)5;2*1-2/h3-8,11,13,20H,1-2,9-10H2,(H,21,25);1-3H3;1-2H3;2H,1H3. The summed E-state index contributed by atoms with van der Waals surface area (Å²) in [5.74, 6) is 0.784. The number of aliphatic hydroxyl groups excluding tert-OH is 1. The molecule has 0 aliphatic carbocycles. The third-order valence-electron chi connectivity index (χ3n) is 5.23. The average Bonchev–Trinajstić information content (AvgIpc) is 3.47. The Bertz CT molecular complexity index is 1070. The van der Waals surface area contributed by atoms with E-state index in [1.54, 1.807) is 15.9 Å². The molecule has 2 bridgehead atoms. The summed E-state index contributed by atoms with van der Waals surface area (Å²) in [6, 6.07) is 10.8. The molecule has 194 valence electrons. The van der Waals surface area contributed by atoms with Crippen molar-refractivity contribution in [1.82, 2.24) is 14.9 Å². The predicted molar refractivity (Wildman–Crippen MR) is 148 cm³/mol. The van der Waals surface area contributed by atoms with E-state index in [9.17, 15) is 9.18 Å². The summed E-state index contributed by atoms with van der Waals surface area (Å²) in [4.78, 5) is 15.1. The average molecular weight is 571 g/mol. The van der Waals surface area contributed by atoms with Gasteiger partial charge in [-0.1, -0.05) is 13.8 Å². The Morgan fingerprint density at radius 3 is 2.37 bits per heavy atom. The Morgan fingerprint density at radius 1 is 1.20 bits per heavy atom. The number of anilines is 2. The van der Waals surface area contributed by atoms with Crippen LogP contribution in [0.5, 0.6) is 0 Å². The lowest BCUT2D eigenvalue weighted by Crippen LogP contribution is -2.61. The third kappa shape index (κ3) is 7.99. The van der Waals surface area contributed by atoms with Crippen LogP contribution in [-0.4, -0.2) is 58.6 Å². The molecule has 7 nitrogen and oxygen atoms in total. The number of nitrogens with one attached hydrogen (secondary N) is 2. The van der Waals surface area contributed by atoms with Crippen LogP contribution in [-0.2, 0) is 0 Å². The predicted octanol–water partition coefficient (Wildman–Crippen LogP) is 5.74. The highest BCUT2D eigenvalue weighted by Crippen LogP contribution is 2.29. The largest absolute Gasteiger partial charge is 0.400 e. The Labute approximate surface area is 219 Å². The van der Waals surface area contributed by atoms with Crippen LogP contribution < -0.4 is 15.5 Å². The molecule has 35 heavy (non-hydrogen) atoms. The number of carbonyl (C=O) groups excluding carboxylic acids is 1. The smallest absolute Gasteiger partial charge is 0.274 e. The minimum Gasteiger partial charge on any atom is -0.400 e. The normalized spacial score (nSPS) is 18.5. The van der Waals surface area contributed by atoms with Crippen molar-refractivity contribution in [3.05, 3.63) is 45.2 Å². The van der Waals surface area contributed by atoms with E-state index in [0.29, 0.717) is 17.8 Å². The van der Waals surface area contributed by atoms with Gasteiger partial charge in [-0.2, -0.15) is 0 Å². The van der Waals surface area contributed by atoms with E-state index in [0.717, 1.165) is 41.0 Å². The summed E-state index contributed by atoms with van der Waals surface area (Å²) >= 11 is 5.00. The second-order valence-corrected chi connectivity index (χ2v) is 11.1. The van der Waals surface area contributed by atoms with E-state index in [1.165, 1.54) is 33.6 Å². The topological polar surface area (TPSA) is 81.9 Å². The van der Waals surface area contributed by atoms with Crippen molar-refractivity contribution < 1.29 is 14.3 Å². The van der Waals surface area contributed by atoms with Gasteiger partial charge in [-0.15, -0.1) is 16.4 Å². The highest BCUT2D eigenvalue weighted by Gasteiger charge is 2.34. The van der Waals surface area contributed by atoms with Gasteiger partial charge in [0.2, 0.25) is 0 Å². The summed E-state index contributed by atoms with van der Waals surface area (Å²) in [6.07, 6.45) is 2.43. The molecule has 0 aromatic carbocycles. The zero-order valence-corrected chi connectivity index (χ0v) is 23.7. The molecule has 3 aliphatic rings. The van der Waals surface area contributed by atoms with Crippen molar-refractivity contribution in [3.8, 4) is 0 Å². The molecule has 6 rings (SSSR count). The summed E-state index contributed by atoms with van der Waals surface area (Å²) in [7, 11) is 1.00. The molecule has 1 amide bonds. The molecule has 10 heteroatoms. The number of thiophene rings is 1. The van der Waals surface area contributed by atoms with Crippen LogP contribution in [0.1, 0.15) is 57.9 Å². The Kier molecular flexibility index (Phi) is 11.1. The van der Waals surface area contributed by atoms with E-state index in [2.05, 4.69) is 37.5 Å². The zero-order chi connectivity index (χ0) is 26.2. The Morgan fingerprint density at radius 2 is 1.86 bits per heavy atom. The molecule has 0 spiro atoms. The number of aromatic nitrogens is 2. The lowest BCUT2D eigenvalue weighted by molar-refractivity contribution is 0.102. The van der Waals surface area contributed by atoms with Crippen molar-refractivity contribution in [1.29, 1.82) is 0 Å². The zero-order valence-electron chi connectivity index (χ0n) is 21.3. The van der Waals surface area contributed by atoms with Crippen LogP contribution in [0.15, 0.2) is 39.5 Å². The van der Waals surface area contributed by atoms with Gasteiger partial charge in [-0.3, -0.25) is 4.79 Å². The quantitative estimate of drug-likeness (QED) is 0.374. The number of carbonyl (C=O) groups is 1. The molecule has 3 aromatic rings. The molecule has 0 radical (unpaired) electrons. The second kappa shape index (κ2) is 13.3. The first kappa shape index (κ1) is 29.2. The van der Waals surface area contributed by atoms with Crippen LogP contribution in [0.4, 0.5) is 15.9 Å². The number of hydrogen-bond donors (Lipinski definition) is 3. The first-order chi connectivity index (χ1) is 16.7. The van der Waals surface area contributed by atoms with E-state index in [4.69, 9.17) is 10.2 Å². The van der Waals surface area contributed by atoms with Gasteiger partial charge in [0.05, 0.1) is 15.0 Å². The number of hydrogen-bond acceptors (Lipinski definition) is 6. The molecule has 3 N–H and O–H groups in total. The number of alkyl halides is 1. The van der Waals surface area contributed by atoms with Gasteiger partial charge in [0.15, 0.2) is 0 Å². The number of halogens is 2. The molecular formula is C25H37BrFN5O2S. The molecule has 3 aliphatic heterocycles. The summed E-state index contributed by atoms with van der Waals surface area (Å²) in [5, 5.41) is 20.2. The molecular weight excluding hydrogens is 533 g/mol. The fraction of sp³-hybridized carbons (Fsp3) is 0.520. The number of amides is 1. The SMILES string of the molecule is CC.CC(C)(C)F.CO.O=C(Nc1ccsc1Br)c1ccc2ccc(N3CC4CCC3CN4)nn12. The fourth-order valence-corrected chi connectivity index (χ4v) is 4.99. The summed E-state index contributed by atoms with van der Waals surface area (Å²) in [6.45, 7) is 10.6. The highest BCUT2D eigenvalue weighted by molar-refractivity contribution is 9.11. The third-order valence-corrected chi connectivity index (χ3v) is 6.92. The van der Waals surface area contributed by atoms with Crippen molar-refractivity contribution in [2.45, 2.75) is 65.2 Å². The van der Waals surface area contributed by atoms with Gasteiger partial charge in [0.1, 0.15) is 17.2 Å². The number of rotatable bonds is 3. The summed E-state index contributed by atoms with van der Waals surface area (Å²) in [5.41, 5.74) is 1.24. The van der Waals surface area contributed by atoms with Crippen LogP contribution >= 0.6 is 27.3 Å². The van der Waals surface area contributed by atoms with Gasteiger partial charge >= 0.3 is 0 Å². The minimum absolute atomic E-state index is 0.157. The van der Waals surface area contributed by atoms with Crippen molar-refractivity contribution >= 4 is 50.2 Å². The molecule has 2 unspecified atom stereocenters. The van der Waals surface area contributed by atoms with Crippen LogP contribution in [0, 0.1) is 0 Å². The maximum absolute atomic E-state index is 12.7. The lowest BCUT2D eigenvalue weighted by atomic mass is 9.93. The molecule has 3 fully saturated rings. The Hall–Kier alpha value is -2.01. The molecule has 3 aromatic heterocycles. The van der Waals surface area contributed by atoms with Crippen molar-refractivity contribution in [3.63, 3.8) is 0 Å². The van der Waals surface area contributed by atoms with E-state index in [-0.39, 0.29) is 5.91 Å². The maximum atomic E-state index is 12.7. The van der Waals surface area contributed by atoms with Crippen molar-refractivity contribution in [2.24, 2.45) is 0 Å². The first-order valence-electron chi connectivity index (χ1n) is 11.9. The number of fused-ring (bicyclic) bond motifs is 4. The Balaban J connectivity index is 0.000000423. The highest BCUT2D eigenvalue weighted by atomic mass is 79.9. The van der Waals surface area contributed by atoms with Crippen molar-refractivity contribution in [2.75, 3.05) is 30.4 Å². The van der Waals surface area contributed by atoms with E-state index < -0.39 is 5.67 Å². The van der Waals surface area contributed by atoms with Gasteiger partial charge in [-0.25, -0.2) is 8.91 Å². The van der Waals surface area contributed by atoms with Gasteiger partial charge in [-0.05, 0) is 85.3 Å². The van der Waals surface area contributed by atoms with Crippen LogP contribution in [0.2, 0.25) is 0 Å². The maximum Gasteiger partial charge on any atom is 0.274 e. The number of piperidine rings is 2. The molecule has 6 heterocycles. The summed E-state index contributed by atoms with van der Waals surface area (Å²) < 4.78 is 14.4. The van der Waals surface area contributed by atoms with E-state index >= 15 is 0 Å². The monoisotopic (exact) mass is 569 g/mol. The number of aliphatic hydroxyl groups is 1.